The number of hydrogen-bond acceptors (Lipinski definition) is 6. The van der Waals surface area contributed by atoms with E-state index in [0.717, 1.165) is 11.8 Å². The number of aliphatic carboxylic acids is 1. The van der Waals surface area contributed by atoms with Gasteiger partial charge in [0, 0.05) is 5.69 Å². The molecule has 0 saturated heterocycles. The van der Waals surface area contributed by atoms with Crippen molar-refractivity contribution in [2.75, 3.05) is 18.3 Å². The maximum Gasteiger partial charge on any atom is 0.346 e. The van der Waals surface area contributed by atoms with Gasteiger partial charge in [-0.1, -0.05) is 0 Å². The fourth-order valence-corrected chi connectivity index (χ4v) is 2.79. The average Bonchev–Trinajstić information content (AvgIpc) is 2.41. The van der Waals surface area contributed by atoms with Crippen LogP contribution >= 0.6 is 23.5 Å². The molecule has 0 aliphatic rings. The van der Waals surface area contributed by atoms with Crippen LogP contribution in [0.4, 0.5) is 0 Å². The van der Waals surface area contributed by atoms with E-state index in [4.69, 9.17) is 5.11 Å². The van der Waals surface area contributed by atoms with Crippen molar-refractivity contribution in [3.8, 4) is 0 Å². The summed E-state index contributed by atoms with van der Waals surface area (Å²) in [5, 5.41) is 11.9. The first-order valence-electron chi connectivity index (χ1n) is 6.08. The van der Waals surface area contributed by atoms with Crippen LogP contribution in [0.2, 0.25) is 0 Å². The molecule has 0 saturated carbocycles. The van der Waals surface area contributed by atoms with Crippen molar-refractivity contribution in [2.45, 2.75) is 24.4 Å². The molecule has 0 unspecified atom stereocenters. The topological polar surface area (TPSA) is 112 Å². The standard InChI is InChI=1S/C12H17N3O4S2/c1-6-8(10(21-3)15-12(19)13-6)9(16)14-7(11(17)18)4-5-20-2/h7H,4-5H2,1-3H3,(H,14,16)(H,17,18)(H,13,15,19)/t7-/m1/s1. The van der Waals surface area contributed by atoms with Crippen molar-refractivity contribution in [3.63, 3.8) is 0 Å². The van der Waals surface area contributed by atoms with Gasteiger partial charge in [-0.05, 0) is 31.6 Å². The zero-order chi connectivity index (χ0) is 16.0. The summed E-state index contributed by atoms with van der Waals surface area (Å²) in [5.41, 5.74) is 0.0360. The Morgan fingerprint density at radius 3 is 2.62 bits per heavy atom. The number of hydrogen-bond donors (Lipinski definition) is 3. The van der Waals surface area contributed by atoms with E-state index in [9.17, 15) is 14.4 Å². The first-order valence-corrected chi connectivity index (χ1v) is 8.70. The molecule has 0 aliphatic carbocycles. The van der Waals surface area contributed by atoms with Crippen LogP contribution in [0, 0.1) is 6.92 Å². The van der Waals surface area contributed by atoms with Crippen molar-refractivity contribution in [3.05, 3.63) is 21.7 Å². The number of thioether (sulfide) groups is 2. The van der Waals surface area contributed by atoms with Crippen LogP contribution in [0.15, 0.2) is 9.82 Å². The van der Waals surface area contributed by atoms with Crippen LogP contribution in [-0.4, -0.2) is 51.3 Å². The molecule has 0 radical (unpaired) electrons. The van der Waals surface area contributed by atoms with Crippen molar-refractivity contribution >= 4 is 35.4 Å². The van der Waals surface area contributed by atoms with E-state index in [2.05, 4.69) is 15.3 Å². The van der Waals surface area contributed by atoms with Gasteiger partial charge in [0.1, 0.15) is 11.1 Å². The summed E-state index contributed by atoms with van der Waals surface area (Å²) in [6, 6.07) is -0.967. The lowest BCUT2D eigenvalue weighted by molar-refractivity contribution is -0.139. The van der Waals surface area contributed by atoms with E-state index >= 15 is 0 Å². The summed E-state index contributed by atoms with van der Waals surface area (Å²) in [4.78, 5) is 40.9. The number of carboxylic acid groups (broad SMARTS) is 1. The smallest absolute Gasteiger partial charge is 0.346 e. The van der Waals surface area contributed by atoms with E-state index in [0.29, 0.717) is 17.9 Å². The minimum atomic E-state index is -1.09. The molecule has 116 valence electrons. The number of carbonyl (C=O) groups is 2. The van der Waals surface area contributed by atoms with Gasteiger partial charge in [-0.15, -0.1) is 11.8 Å². The highest BCUT2D eigenvalue weighted by atomic mass is 32.2. The Morgan fingerprint density at radius 2 is 2.10 bits per heavy atom. The third-order valence-electron chi connectivity index (χ3n) is 2.72. The molecule has 0 spiro atoms. The molecule has 3 N–H and O–H groups in total. The second kappa shape index (κ2) is 8.08. The van der Waals surface area contributed by atoms with Crippen molar-refractivity contribution < 1.29 is 14.7 Å². The Hall–Kier alpha value is -1.48. The molecule has 1 heterocycles. The van der Waals surface area contributed by atoms with Gasteiger partial charge in [-0.3, -0.25) is 4.79 Å². The Bertz CT molecular complexity index is 588. The third kappa shape index (κ3) is 4.78. The number of nitrogens with one attached hydrogen (secondary N) is 2. The SMILES string of the molecule is CSCC[C@@H](NC(=O)c1c(SC)nc(=O)[nH]c1C)C(=O)O. The van der Waals surface area contributed by atoms with Gasteiger partial charge in [0.25, 0.3) is 5.91 Å². The molecule has 9 heteroatoms. The molecule has 0 aromatic carbocycles. The van der Waals surface area contributed by atoms with E-state index in [1.54, 1.807) is 13.2 Å². The predicted octanol–water partition coefficient (Wildman–Crippen LogP) is 0.736. The van der Waals surface area contributed by atoms with E-state index < -0.39 is 23.6 Å². The van der Waals surface area contributed by atoms with Gasteiger partial charge < -0.3 is 15.4 Å². The minimum absolute atomic E-state index is 0.206. The second-order valence-electron chi connectivity index (χ2n) is 4.20. The molecule has 1 rings (SSSR count). The Labute approximate surface area is 130 Å². The van der Waals surface area contributed by atoms with Crippen molar-refractivity contribution in [1.29, 1.82) is 0 Å². The number of carbonyl (C=O) groups excluding carboxylic acids is 1. The summed E-state index contributed by atoms with van der Waals surface area (Å²) >= 11 is 2.67. The fourth-order valence-electron chi connectivity index (χ4n) is 1.70. The van der Waals surface area contributed by atoms with E-state index in [1.807, 2.05) is 6.26 Å². The maximum atomic E-state index is 12.3. The van der Waals surface area contributed by atoms with Gasteiger partial charge in [0.15, 0.2) is 0 Å². The maximum absolute atomic E-state index is 12.3. The van der Waals surface area contributed by atoms with Gasteiger partial charge in [-0.2, -0.15) is 16.7 Å². The molecule has 7 nitrogen and oxygen atoms in total. The van der Waals surface area contributed by atoms with Gasteiger partial charge >= 0.3 is 11.7 Å². The van der Waals surface area contributed by atoms with Crippen LogP contribution in [-0.2, 0) is 4.79 Å². The van der Waals surface area contributed by atoms with Crippen molar-refractivity contribution in [2.24, 2.45) is 0 Å². The van der Waals surface area contributed by atoms with Gasteiger partial charge in [-0.25, -0.2) is 9.59 Å². The summed E-state index contributed by atoms with van der Waals surface area (Å²) in [6.07, 6.45) is 3.88. The molecule has 0 fully saturated rings. The number of aromatic amines is 1. The first kappa shape index (κ1) is 17.6. The summed E-state index contributed by atoms with van der Waals surface area (Å²) in [7, 11) is 0. The van der Waals surface area contributed by atoms with Gasteiger partial charge in [0.05, 0.1) is 5.56 Å². The third-order valence-corrected chi connectivity index (χ3v) is 4.05. The number of rotatable bonds is 7. The van der Waals surface area contributed by atoms with Crippen LogP contribution in [0.5, 0.6) is 0 Å². The van der Waals surface area contributed by atoms with Crippen LogP contribution in [0.25, 0.3) is 0 Å². The predicted molar refractivity (Wildman–Crippen MR) is 83.3 cm³/mol. The zero-order valence-electron chi connectivity index (χ0n) is 11.9. The highest BCUT2D eigenvalue weighted by molar-refractivity contribution is 7.98. The number of aryl methyl sites for hydroxylation is 1. The molecule has 0 bridgehead atoms. The second-order valence-corrected chi connectivity index (χ2v) is 5.98. The fraction of sp³-hybridized carbons (Fsp3) is 0.500. The van der Waals surface area contributed by atoms with Crippen LogP contribution in [0.3, 0.4) is 0 Å². The molecule has 1 aromatic rings. The van der Waals surface area contributed by atoms with E-state index in [-0.39, 0.29) is 10.6 Å². The summed E-state index contributed by atoms with van der Waals surface area (Å²) in [5.74, 6) is -1.01. The zero-order valence-corrected chi connectivity index (χ0v) is 13.6. The Morgan fingerprint density at radius 1 is 1.43 bits per heavy atom. The lowest BCUT2D eigenvalue weighted by atomic mass is 10.2. The lowest BCUT2D eigenvalue weighted by Crippen LogP contribution is -2.42. The number of nitrogens with zero attached hydrogens (tertiary/aromatic N) is 1. The van der Waals surface area contributed by atoms with Gasteiger partial charge in [0.2, 0.25) is 0 Å². The summed E-state index contributed by atoms with van der Waals surface area (Å²) in [6.45, 7) is 1.58. The normalized spacial score (nSPS) is 12.0. The first-order chi connectivity index (χ1) is 9.90. The number of amides is 1. The van der Waals surface area contributed by atoms with Crippen LogP contribution < -0.4 is 11.0 Å². The monoisotopic (exact) mass is 331 g/mol. The number of H-pyrrole nitrogens is 1. The quantitative estimate of drug-likeness (QED) is 0.499. The average molecular weight is 331 g/mol. The molecular formula is C12H17N3O4S2. The molecule has 1 aromatic heterocycles. The number of carboxylic acids is 1. The molecule has 21 heavy (non-hydrogen) atoms. The largest absolute Gasteiger partial charge is 0.480 e. The van der Waals surface area contributed by atoms with E-state index in [1.165, 1.54) is 11.8 Å². The molecule has 0 aliphatic heterocycles. The molecule has 1 atom stereocenters. The Balaban J connectivity index is 3.02. The molecular weight excluding hydrogens is 314 g/mol. The summed E-state index contributed by atoms with van der Waals surface area (Å²) < 4.78 is 0. The minimum Gasteiger partial charge on any atom is -0.480 e. The highest BCUT2D eigenvalue weighted by Gasteiger charge is 2.23. The van der Waals surface area contributed by atoms with Crippen molar-refractivity contribution in [1.82, 2.24) is 15.3 Å². The Kier molecular flexibility index (Phi) is 6.76. The lowest BCUT2D eigenvalue weighted by Gasteiger charge is -2.15. The molecule has 1 amide bonds. The highest BCUT2D eigenvalue weighted by Crippen LogP contribution is 2.18. The number of aromatic nitrogens is 2. The van der Waals surface area contributed by atoms with Crippen LogP contribution in [0.1, 0.15) is 22.5 Å².